The number of hydrogen-bond donors (Lipinski definition) is 0. The Kier molecular flexibility index (Phi) is 6.09. The third-order valence-electron chi connectivity index (χ3n) is 4.49. The van der Waals surface area contributed by atoms with Gasteiger partial charge in [0, 0.05) is 13.6 Å². The zero-order valence-electron chi connectivity index (χ0n) is 16.1. The van der Waals surface area contributed by atoms with E-state index in [9.17, 15) is 9.59 Å². The van der Waals surface area contributed by atoms with Gasteiger partial charge >= 0.3 is 5.97 Å². The number of aryl methyl sites for hydroxylation is 2. The second-order valence-electron chi connectivity index (χ2n) is 6.74. The summed E-state index contributed by atoms with van der Waals surface area (Å²) in [7, 11) is 1.68. The molecule has 0 bridgehead atoms. The van der Waals surface area contributed by atoms with Gasteiger partial charge in [0.05, 0.1) is 10.6 Å². The summed E-state index contributed by atoms with van der Waals surface area (Å²) in [5.41, 5.74) is 3.54. The van der Waals surface area contributed by atoms with Gasteiger partial charge in [-0.15, -0.1) is 0 Å². The molecule has 6 nitrogen and oxygen atoms in total. The Bertz CT molecular complexity index is 912. The normalized spacial score (nSPS) is 12.4. The number of likely N-dealkylation sites (N-methyl/N-ethyl adjacent to an activating group) is 1. The van der Waals surface area contributed by atoms with Gasteiger partial charge in [-0.05, 0) is 37.1 Å². The highest BCUT2D eigenvalue weighted by atomic mass is 35.5. The Labute approximate surface area is 168 Å². The molecule has 0 N–H and O–H groups in total. The number of esters is 1. The molecule has 2 aromatic carbocycles. The van der Waals surface area contributed by atoms with Gasteiger partial charge in [-0.3, -0.25) is 4.79 Å². The van der Waals surface area contributed by atoms with Crippen molar-refractivity contribution >= 4 is 23.5 Å². The smallest absolute Gasteiger partial charge is 0.338 e. The maximum absolute atomic E-state index is 12.3. The lowest BCUT2D eigenvalue weighted by Gasteiger charge is -2.20. The molecule has 0 radical (unpaired) electrons. The summed E-state index contributed by atoms with van der Waals surface area (Å²) in [6.45, 7) is 4.90. The zero-order valence-corrected chi connectivity index (χ0v) is 16.8. The number of ether oxygens (including phenoxy) is 3. The molecule has 0 spiro atoms. The Balaban J connectivity index is 1.59. The second-order valence-corrected chi connectivity index (χ2v) is 7.15. The fraction of sp³-hybridized carbons (Fsp3) is 0.333. The minimum absolute atomic E-state index is 0.207. The molecule has 0 atom stereocenters. The van der Waals surface area contributed by atoms with Crippen LogP contribution in [0, 0.1) is 13.8 Å². The molecular formula is C21H22ClNO5. The van der Waals surface area contributed by atoms with Crippen LogP contribution in [0.5, 0.6) is 11.5 Å². The molecule has 1 amide bonds. The van der Waals surface area contributed by atoms with E-state index in [1.165, 1.54) is 22.6 Å². The monoisotopic (exact) mass is 403 g/mol. The fourth-order valence-electron chi connectivity index (χ4n) is 2.92. The van der Waals surface area contributed by atoms with E-state index in [0.29, 0.717) is 31.3 Å². The first kappa shape index (κ1) is 20.0. The van der Waals surface area contributed by atoms with Crippen LogP contribution in [0.25, 0.3) is 0 Å². The largest absolute Gasteiger partial charge is 0.486 e. The Hall–Kier alpha value is -2.73. The minimum atomic E-state index is -0.646. The Morgan fingerprint density at radius 2 is 1.89 bits per heavy atom. The Morgan fingerprint density at radius 3 is 2.64 bits per heavy atom. The number of carbonyl (C=O) groups excluding carboxylic acids is 2. The van der Waals surface area contributed by atoms with Crippen molar-refractivity contribution in [3.63, 3.8) is 0 Å². The van der Waals surface area contributed by atoms with Crippen LogP contribution in [0.15, 0.2) is 30.3 Å². The van der Waals surface area contributed by atoms with E-state index in [2.05, 4.69) is 6.07 Å². The van der Waals surface area contributed by atoms with Crippen molar-refractivity contribution in [2.24, 2.45) is 0 Å². The first-order chi connectivity index (χ1) is 13.3. The molecule has 1 aliphatic rings. The first-order valence-corrected chi connectivity index (χ1v) is 9.29. The molecule has 148 valence electrons. The van der Waals surface area contributed by atoms with E-state index >= 15 is 0 Å². The van der Waals surface area contributed by atoms with E-state index in [-0.39, 0.29) is 23.1 Å². The summed E-state index contributed by atoms with van der Waals surface area (Å²) in [6.07, 6.45) is 0. The van der Waals surface area contributed by atoms with Gasteiger partial charge in [0.1, 0.15) is 13.2 Å². The standard InChI is InChI=1S/C21H22ClNO5/c1-13-4-5-15(14(2)8-13)11-23(3)19(24)12-28-21(25)16-9-17(22)20-18(10-16)26-6-7-27-20/h4-5,8-10H,6-7,11-12H2,1-3H3. The Morgan fingerprint density at radius 1 is 1.14 bits per heavy atom. The van der Waals surface area contributed by atoms with E-state index in [1.807, 2.05) is 26.0 Å². The summed E-state index contributed by atoms with van der Waals surface area (Å²) in [4.78, 5) is 26.2. The quantitative estimate of drug-likeness (QED) is 0.714. The zero-order chi connectivity index (χ0) is 20.3. The maximum atomic E-state index is 12.3. The molecular weight excluding hydrogens is 382 g/mol. The van der Waals surface area contributed by atoms with Crippen LogP contribution in [0.4, 0.5) is 0 Å². The highest BCUT2D eigenvalue weighted by Gasteiger charge is 2.21. The molecule has 28 heavy (non-hydrogen) atoms. The highest BCUT2D eigenvalue weighted by molar-refractivity contribution is 6.32. The summed E-state index contributed by atoms with van der Waals surface area (Å²) >= 11 is 6.13. The van der Waals surface area contributed by atoms with Crippen LogP contribution in [-0.2, 0) is 16.1 Å². The summed E-state index contributed by atoms with van der Waals surface area (Å²) < 4.78 is 16.0. The van der Waals surface area contributed by atoms with E-state index in [0.717, 1.165) is 11.1 Å². The van der Waals surface area contributed by atoms with E-state index < -0.39 is 5.97 Å². The summed E-state index contributed by atoms with van der Waals surface area (Å²) in [5.74, 6) is -0.137. The number of rotatable bonds is 5. The number of halogens is 1. The van der Waals surface area contributed by atoms with Gasteiger partial charge in [0.25, 0.3) is 5.91 Å². The SMILES string of the molecule is Cc1ccc(CN(C)C(=O)COC(=O)c2cc(Cl)c3c(c2)OCCO3)c(C)c1. The number of fused-ring (bicyclic) bond motifs is 1. The molecule has 0 unspecified atom stereocenters. The van der Waals surface area contributed by atoms with Crippen molar-refractivity contribution in [2.75, 3.05) is 26.9 Å². The van der Waals surface area contributed by atoms with Crippen LogP contribution in [0.1, 0.15) is 27.0 Å². The average molecular weight is 404 g/mol. The highest BCUT2D eigenvalue weighted by Crippen LogP contribution is 2.38. The predicted molar refractivity (Wildman–Crippen MR) is 105 cm³/mol. The molecule has 0 saturated heterocycles. The molecule has 2 aromatic rings. The van der Waals surface area contributed by atoms with Gasteiger partial charge in [0.15, 0.2) is 18.1 Å². The summed E-state index contributed by atoms with van der Waals surface area (Å²) in [5, 5.41) is 0.266. The van der Waals surface area contributed by atoms with Gasteiger partial charge in [0.2, 0.25) is 0 Å². The van der Waals surface area contributed by atoms with Crippen LogP contribution in [0.2, 0.25) is 5.02 Å². The van der Waals surface area contributed by atoms with Gasteiger partial charge < -0.3 is 19.1 Å². The van der Waals surface area contributed by atoms with Crippen LogP contribution < -0.4 is 9.47 Å². The number of benzene rings is 2. The van der Waals surface area contributed by atoms with Crippen molar-refractivity contribution in [3.05, 3.63) is 57.6 Å². The molecule has 0 saturated carbocycles. The van der Waals surface area contributed by atoms with Crippen molar-refractivity contribution in [3.8, 4) is 11.5 Å². The molecule has 0 aliphatic carbocycles. The topological polar surface area (TPSA) is 65.1 Å². The van der Waals surface area contributed by atoms with Crippen LogP contribution in [0.3, 0.4) is 0 Å². The van der Waals surface area contributed by atoms with Crippen molar-refractivity contribution in [1.29, 1.82) is 0 Å². The van der Waals surface area contributed by atoms with Crippen molar-refractivity contribution in [2.45, 2.75) is 20.4 Å². The molecule has 1 heterocycles. The first-order valence-electron chi connectivity index (χ1n) is 8.91. The molecule has 7 heteroatoms. The van der Waals surface area contributed by atoms with E-state index in [1.54, 1.807) is 7.05 Å². The van der Waals surface area contributed by atoms with Gasteiger partial charge in [-0.1, -0.05) is 35.4 Å². The van der Waals surface area contributed by atoms with Crippen molar-refractivity contribution in [1.82, 2.24) is 4.90 Å². The maximum Gasteiger partial charge on any atom is 0.338 e. The minimum Gasteiger partial charge on any atom is -0.486 e. The average Bonchev–Trinajstić information content (AvgIpc) is 2.67. The third kappa shape index (κ3) is 4.57. The second kappa shape index (κ2) is 8.52. The number of nitrogens with zero attached hydrogens (tertiary/aromatic N) is 1. The predicted octanol–water partition coefficient (Wildman–Crippen LogP) is 3.54. The van der Waals surface area contributed by atoms with Crippen LogP contribution in [-0.4, -0.2) is 43.6 Å². The lowest BCUT2D eigenvalue weighted by Crippen LogP contribution is -2.31. The third-order valence-corrected chi connectivity index (χ3v) is 4.77. The lowest BCUT2D eigenvalue weighted by atomic mass is 10.1. The molecule has 1 aliphatic heterocycles. The van der Waals surface area contributed by atoms with Crippen LogP contribution >= 0.6 is 11.6 Å². The number of carbonyl (C=O) groups is 2. The number of amides is 1. The summed E-state index contributed by atoms with van der Waals surface area (Å²) in [6, 6.07) is 9.02. The lowest BCUT2D eigenvalue weighted by molar-refractivity contribution is -0.133. The molecule has 0 fully saturated rings. The van der Waals surface area contributed by atoms with Gasteiger partial charge in [-0.2, -0.15) is 0 Å². The van der Waals surface area contributed by atoms with Gasteiger partial charge in [-0.25, -0.2) is 4.79 Å². The number of hydrogen-bond acceptors (Lipinski definition) is 5. The molecule has 3 rings (SSSR count). The fourth-order valence-corrected chi connectivity index (χ4v) is 3.18. The molecule has 0 aromatic heterocycles. The van der Waals surface area contributed by atoms with E-state index in [4.69, 9.17) is 25.8 Å². The van der Waals surface area contributed by atoms with Crippen molar-refractivity contribution < 1.29 is 23.8 Å².